The van der Waals surface area contributed by atoms with Crippen molar-refractivity contribution >= 4 is 15.7 Å². The van der Waals surface area contributed by atoms with Crippen molar-refractivity contribution in [1.82, 2.24) is 14.5 Å². The quantitative estimate of drug-likeness (QED) is 0.841. The number of sulfonamides is 1. The summed E-state index contributed by atoms with van der Waals surface area (Å²) in [6.07, 6.45) is 0. The first-order chi connectivity index (χ1) is 9.72. The third-order valence-electron chi connectivity index (χ3n) is 3.45. The molecule has 0 amide bonds. The predicted molar refractivity (Wildman–Crippen MR) is 82.3 cm³/mol. The number of hydrogen-bond acceptors (Lipinski definition) is 4. The third kappa shape index (κ3) is 3.08. The first kappa shape index (κ1) is 15.5. The number of nitrogens with two attached hydrogens (primary N) is 1. The van der Waals surface area contributed by atoms with E-state index in [1.54, 1.807) is 50.7 Å². The van der Waals surface area contributed by atoms with Crippen molar-refractivity contribution in [2.45, 2.75) is 31.7 Å². The number of nitrogens with one attached hydrogen (secondary N) is 1. The van der Waals surface area contributed by atoms with Crippen LogP contribution < -0.4 is 10.5 Å². The minimum Gasteiger partial charge on any atom is -0.399 e. The molecular formula is C14H20N4O2S. The van der Waals surface area contributed by atoms with Crippen LogP contribution in [0, 0.1) is 13.8 Å². The maximum atomic E-state index is 12.6. The summed E-state index contributed by atoms with van der Waals surface area (Å²) in [5.41, 5.74) is 8.25. The zero-order valence-electron chi connectivity index (χ0n) is 12.6. The van der Waals surface area contributed by atoms with Crippen LogP contribution in [0.25, 0.3) is 0 Å². The molecule has 1 heterocycles. The molecular weight excluding hydrogens is 288 g/mol. The minimum atomic E-state index is -3.64. The monoisotopic (exact) mass is 308 g/mol. The molecule has 6 nitrogen and oxygen atoms in total. The van der Waals surface area contributed by atoms with Gasteiger partial charge in [-0.1, -0.05) is 12.1 Å². The normalized spacial score (nSPS) is 13.3. The van der Waals surface area contributed by atoms with Gasteiger partial charge in [-0.25, -0.2) is 13.1 Å². The van der Waals surface area contributed by atoms with E-state index in [1.165, 1.54) is 0 Å². The predicted octanol–water partition coefficient (Wildman–Crippen LogP) is 1.66. The van der Waals surface area contributed by atoms with Gasteiger partial charge in [0, 0.05) is 18.8 Å². The summed E-state index contributed by atoms with van der Waals surface area (Å²) < 4.78 is 29.4. The Balaban J connectivity index is 2.33. The molecule has 21 heavy (non-hydrogen) atoms. The molecule has 2 rings (SSSR count). The van der Waals surface area contributed by atoms with Crippen LogP contribution in [0.2, 0.25) is 0 Å². The molecule has 0 saturated heterocycles. The molecule has 0 fully saturated rings. The van der Waals surface area contributed by atoms with Crippen LogP contribution in [0.1, 0.15) is 29.9 Å². The highest BCUT2D eigenvalue weighted by molar-refractivity contribution is 7.89. The number of nitrogens with zero attached hydrogens (tertiary/aromatic N) is 2. The Morgan fingerprint density at radius 1 is 1.33 bits per heavy atom. The van der Waals surface area contributed by atoms with Gasteiger partial charge in [0.2, 0.25) is 10.0 Å². The Hall–Kier alpha value is -1.86. The summed E-state index contributed by atoms with van der Waals surface area (Å²) in [5.74, 6) is 0. The molecule has 0 bridgehead atoms. The minimum absolute atomic E-state index is 0.237. The summed E-state index contributed by atoms with van der Waals surface area (Å²) >= 11 is 0. The number of aryl methyl sites for hydroxylation is 2. The molecule has 0 aliphatic heterocycles. The molecule has 0 radical (unpaired) electrons. The van der Waals surface area contributed by atoms with Crippen molar-refractivity contribution in [2.75, 3.05) is 5.73 Å². The van der Waals surface area contributed by atoms with Crippen molar-refractivity contribution in [3.8, 4) is 0 Å². The lowest BCUT2D eigenvalue weighted by atomic mass is 10.1. The van der Waals surface area contributed by atoms with E-state index in [-0.39, 0.29) is 10.9 Å². The molecule has 1 atom stereocenters. The number of hydrogen-bond donors (Lipinski definition) is 2. The molecule has 1 unspecified atom stereocenters. The maximum Gasteiger partial charge on any atom is 0.244 e. The van der Waals surface area contributed by atoms with Gasteiger partial charge in [0.1, 0.15) is 4.90 Å². The van der Waals surface area contributed by atoms with Gasteiger partial charge in [-0.15, -0.1) is 0 Å². The highest BCUT2D eigenvalue weighted by Crippen LogP contribution is 2.22. The van der Waals surface area contributed by atoms with Crippen LogP contribution in [-0.4, -0.2) is 18.2 Å². The standard InChI is InChI=1S/C14H20N4O2S/c1-9(12-6-5-7-13(15)8-12)17-21(19,20)14-10(2)16-18(4)11(14)3/h5-9,17H,15H2,1-4H3. The van der Waals surface area contributed by atoms with E-state index >= 15 is 0 Å². The maximum absolute atomic E-state index is 12.6. The topological polar surface area (TPSA) is 90.0 Å². The zero-order valence-corrected chi connectivity index (χ0v) is 13.4. The first-order valence-corrected chi connectivity index (χ1v) is 8.08. The van der Waals surface area contributed by atoms with Crippen LogP contribution in [0.15, 0.2) is 29.2 Å². The highest BCUT2D eigenvalue weighted by Gasteiger charge is 2.25. The van der Waals surface area contributed by atoms with E-state index in [2.05, 4.69) is 9.82 Å². The van der Waals surface area contributed by atoms with Gasteiger partial charge in [0.05, 0.1) is 11.4 Å². The molecule has 2 aromatic rings. The first-order valence-electron chi connectivity index (χ1n) is 6.60. The summed E-state index contributed by atoms with van der Waals surface area (Å²) in [6.45, 7) is 5.21. The lowest BCUT2D eigenvalue weighted by molar-refractivity contribution is 0.565. The molecule has 0 saturated carbocycles. The second-order valence-corrected chi connectivity index (χ2v) is 6.79. The Morgan fingerprint density at radius 2 is 2.00 bits per heavy atom. The fourth-order valence-corrected chi connectivity index (χ4v) is 4.00. The van der Waals surface area contributed by atoms with Gasteiger partial charge in [0.15, 0.2) is 0 Å². The molecule has 7 heteroatoms. The van der Waals surface area contributed by atoms with E-state index < -0.39 is 10.0 Å². The second-order valence-electron chi connectivity index (χ2n) is 5.14. The largest absolute Gasteiger partial charge is 0.399 e. The average molecular weight is 308 g/mol. The summed E-state index contributed by atoms with van der Waals surface area (Å²) in [7, 11) is -1.91. The van der Waals surface area contributed by atoms with Crippen molar-refractivity contribution in [3.05, 3.63) is 41.2 Å². The fourth-order valence-electron chi connectivity index (χ4n) is 2.33. The third-order valence-corrected chi connectivity index (χ3v) is 5.25. The molecule has 0 aliphatic rings. The number of nitrogen functional groups attached to an aromatic ring is 1. The van der Waals surface area contributed by atoms with Gasteiger partial charge in [-0.3, -0.25) is 4.68 Å². The molecule has 3 N–H and O–H groups in total. The molecule has 114 valence electrons. The van der Waals surface area contributed by atoms with E-state index in [9.17, 15) is 8.42 Å². The SMILES string of the molecule is Cc1nn(C)c(C)c1S(=O)(=O)NC(C)c1cccc(N)c1. The van der Waals surface area contributed by atoms with Gasteiger partial charge in [-0.05, 0) is 38.5 Å². The van der Waals surface area contributed by atoms with Crippen LogP contribution >= 0.6 is 0 Å². The summed E-state index contributed by atoms with van der Waals surface area (Å²) in [4.78, 5) is 0.237. The van der Waals surface area contributed by atoms with Crippen molar-refractivity contribution in [1.29, 1.82) is 0 Å². The lowest BCUT2D eigenvalue weighted by Crippen LogP contribution is -2.27. The van der Waals surface area contributed by atoms with E-state index in [0.29, 0.717) is 17.1 Å². The van der Waals surface area contributed by atoms with Gasteiger partial charge >= 0.3 is 0 Å². The Labute approximate surface area is 125 Å². The molecule has 0 aliphatic carbocycles. The number of anilines is 1. The average Bonchev–Trinajstić information content (AvgIpc) is 2.63. The van der Waals surface area contributed by atoms with Crippen LogP contribution in [0.5, 0.6) is 0 Å². The zero-order chi connectivity index (χ0) is 15.8. The van der Waals surface area contributed by atoms with E-state index in [4.69, 9.17) is 5.73 Å². The molecule has 0 spiro atoms. The fraction of sp³-hybridized carbons (Fsp3) is 0.357. The summed E-state index contributed by atoms with van der Waals surface area (Å²) in [5, 5.41) is 4.15. The Morgan fingerprint density at radius 3 is 2.52 bits per heavy atom. The van der Waals surface area contributed by atoms with Crippen LogP contribution in [0.3, 0.4) is 0 Å². The van der Waals surface area contributed by atoms with Crippen molar-refractivity contribution < 1.29 is 8.42 Å². The molecule has 1 aromatic carbocycles. The van der Waals surface area contributed by atoms with E-state index in [0.717, 1.165) is 5.56 Å². The number of aromatic nitrogens is 2. The number of benzene rings is 1. The highest BCUT2D eigenvalue weighted by atomic mass is 32.2. The van der Waals surface area contributed by atoms with Gasteiger partial charge in [-0.2, -0.15) is 5.10 Å². The van der Waals surface area contributed by atoms with Crippen molar-refractivity contribution in [2.24, 2.45) is 7.05 Å². The summed E-state index contributed by atoms with van der Waals surface area (Å²) in [6, 6.07) is 6.79. The van der Waals surface area contributed by atoms with E-state index in [1.807, 2.05) is 6.07 Å². The second kappa shape index (κ2) is 5.50. The lowest BCUT2D eigenvalue weighted by Gasteiger charge is -2.15. The Bertz CT molecular complexity index is 765. The van der Waals surface area contributed by atoms with Crippen LogP contribution in [-0.2, 0) is 17.1 Å². The van der Waals surface area contributed by atoms with Crippen LogP contribution in [0.4, 0.5) is 5.69 Å². The van der Waals surface area contributed by atoms with Gasteiger partial charge < -0.3 is 5.73 Å². The van der Waals surface area contributed by atoms with Gasteiger partial charge in [0.25, 0.3) is 0 Å². The Kier molecular flexibility index (Phi) is 4.06. The molecule has 1 aromatic heterocycles. The number of rotatable bonds is 4. The smallest absolute Gasteiger partial charge is 0.244 e. The van der Waals surface area contributed by atoms with Crippen molar-refractivity contribution in [3.63, 3.8) is 0 Å².